The third-order valence-electron chi connectivity index (χ3n) is 7.13. The summed E-state index contributed by atoms with van der Waals surface area (Å²) in [6.07, 6.45) is -3.26. The maximum Gasteiger partial charge on any atom is 0.405 e. The second-order valence-corrected chi connectivity index (χ2v) is 11.6. The molecule has 1 aliphatic heterocycles. The van der Waals surface area contributed by atoms with E-state index in [1.54, 1.807) is 54.5 Å². The van der Waals surface area contributed by atoms with Gasteiger partial charge in [0.2, 0.25) is 5.91 Å². The van der Waals surface area contributed by atoms with Crippen LogP contribution in [-0.4, -0.2) is 73.8 Å². The van der Waals surface area contributed by atoms with E-state index in [-0.39, 0.29) is 28.2 Å². The molecule has 10 nitrogen and oxygen atoms in total. The van der Waals surface area contributed by atoms with Gasteiger partial charge in [0, 0.05) is 68.1 Å². The maximum atomic E-state index is 13.1. The Morgan fingerprint density at radius 2 is 1.82 bits per heavy atom. The molecule has 3 aromatic rings. The number of nitrogens with one attached hydrogen (secondary N) is 2. The molecule has 0 unspecified atom stereocenters. The minimum Gasteiger partial charge on any atom is -0.369 e. The molecule has 238 valence electrons. The number of benzene rings is 2. The third kappa shape index (κ3) is 8.65. The van der Waals surface area contributed by atoms with Crippen LogP contribution in [0.15, 0.2) is 53.3 Å². The van der Waals surface area contributed by atoms with Crippen LogP contribution in [-0.2, 0) is 16.1 Å². The Labute approximate surface area is 266 Å². The molecule has 0 radical (unpaired) electrons. The summed E-state index contributed by atoms with van der Waals surface area (Å²) in [4.78, 5) is 44.3. The molecule has 4 rings (SSSR count). The maximum absolute atomic E-state index is 13.1. The number of likely N-dealkylation sites (N-methyl/N-ethyl adjacent to an activating group) is 1. The number of anilines is 3. The summed E-state index contributed by atoms with van der Waals surface area (Å²) in [6.45, 7) is 3.37. The summed E-state index contributed by atoms with van der Waals surface area (Å²) in [5.74, 6) is -1.31. The zero-order valence-corrected chi connectivity index (χ0v) is 26.1. The number of carbonyl (C=O) groups is 2. The van der Waals surface area contributed by atoms with Crippen molar-refractivity contribution in [3.8, 4) is 6.07 Å². The summed E-state index contributed by atoms with van der Waals surface area (Å²) in [6, 6.07) is 16.3. The van der Waals surface area contributed by atoms with Crippen molar-refractivity contribution in [2.24, 2.45) is 0 Å². The number of halogens is 4. The molecule has 2 amide bonds. The lowest BCUT2D eigenvalue weighted by molar-refractivity contribution is -0.135. The first-order valence-corrected chi connectivity index (χ1v) is 15.1. The van der Waals surface area contributed by atoms with Gasteiger partial charge < -0.3 is 20.4 Å². The first-order chi connectivity index (χ1) is 21.4. The van der Waals surface area contributed by atoms with Gasteiger partial charge in [0.15, 0.2) is 5.57 Å². The first kappa shape index (κ1) is 33.6. The molecule has 0 spiro atoms. The molecule has 0 aliphatic carbocycles. The molecule has 2 aromatic carbocycles. The smallest absolute Gasteiger partial charge is 0.369 e. The van der Waals surface area contributed by atoms with Crippen LogP contribution in [0.4, 0.5) is 30.2 Å². The number of aromatic nitrogens is 1. The fourth-order valence-electron chi connectivity index (χ4n) is 4.67. The zero-order chi connectivity index (χ0) is 32.7. The van der Waals surface area contributed by atoms with E-state index < -0.39 is 29.8 Å². The lowest BCUT2D eigenvalue weighted by Crippen LogP contribution is -2.49. The highest BCUT2D eigenvalue weighted by Crippen LogP contribution is 2.21. The Morgan fingerprint density at radius 1 is 1.13 bits per heavy atom. The van der Waals surface area contributed by atoms with E-state index in [0.717, 1.165) is 47.8 Å². The number of thiazole rings is 1. The Hall–Kier alpha value is -4.32. The predicted octanol–water partition coefficient (Wildman–Crippen LogP) is 2.57. The SMILES string of the molecule is CCn1c(=C(C#N)C(=O)NCC(F)(F)F)sc(=CNc2cccc(N(C)C(=O)CN3CCN(c4ccc(Cl)cc4)CC3)c2)c1=O. The second kappa shape index (κ2) is 14.6. The van der Waals surface area contributed by atoms with Crippen molar-refractivity contribution >= 4 is 63.6 Å². The number of nitriles is 1. The van der Waals surface area contributed by atoms with E-state index in [1.165, 1.54) is 6.20 Å². The lowest BCUT2D eigenvalue weighted by atomic mass is 10.2. The Bertz CT molecular complexity index is 1760. The van der Waals surface area contributed by atoms with Crippen molar-refractivity contribution in [2.75, 3.05) is 61.4 Å². The predicted molar refractivity (Wildman–Crippen MR) is 170 cm³/mol. The van der Waals surface area contributed by atoms with Crippen molar-refractivity contribution in [2.45, 2.75) is 19.6 Å². The number of hydrogen-bond acceptors (Lipinski definition) is 8. The minimum absolute atomic E-state index is 0.0502. The van der Waals surface area contributed by atoms with Gasteiger partial charge in [-0.3, -0.25) is 23.9 Å². The van der Waals surface area contributed by atoms with Crippen LogP contribution >= 0.6 is 22.9 Å². The van der Waals surface area contributed by atoms with Crippen molar-refractivity contribution in [3.05, 3.63) is 73.1 Å². The molecule has 45 heavy (non-hydrogen) atoms. The summed E-state index contributed by atoms with van der Waals surface area (Å²) in [7, 11) is 1.68. The van der Waals surface area contributed by atoms with E-state index in [9.17, 15) is 32.8 Å². The number of alkyl halides is 3. The van der Waals surface area contributed by atoms with Gasteiger partial charge in [-0.05, 0) is 49.4 Å². The molecule has 0 atom stereocenters. The highest BCUT2D eigenvalue weighted by atomic mass is 35.5. The van der Waals surface area contributed by atoms with Crippen LogP contribution in [0.3, 0.4) is 0 Å². The van der Waals surface area contributed by atoms with Crippen LogP contribution in [0.1, 0.15) is 6.92 Å². The Balaban J connectivity index is 1.44. The molecule has 15 heteroatoms. The molecular formula is C30H31ClF3N7O3S. The van der Waals surface area contributed by atoms with Crippen molar-refractivity contribution < 1.29 is 22.8 Å². The zero-order valence-electron chi connectivity index (χ0n) is 24.5. The summed E-state index contributed by atoms with van der Waals surface area (Å²) in [5, 5.41) is 14.9. The van der Waals surface area contributed by atoms with Gasteiger partial charge in [-0.25, -0.2) is 0 Å². The van der Waals surface area contributed by atoms with Gasteiger partial charge in [-0.15, -0.1) is 11.3 Å². The van der Waals surface area contributed by atoms with Gasteiger partial charge in [0.1, 0.15) is 21.8 Å². The molecule has 2 heterocycles. The quantitative estimate of drug-likeness (QED) is 0.363. The molecule has 1 aromatic heterocycles. The van der Waals surface area contributed by atoms with Gasteiger partial charge in [-0.1, -0.05) is 17.7 Å². The van der Waals surface area contributed by atoms with Gasteiger partial charge >= 0.3 is 6.18 Å². The molecule has 1 saturated heterocycles. The highest BCUT2D eigenvalue weighted by Gasteiger charge is 2.29. The fraction of sp³-hybridized carbons (Fsp3) is 0.333. The van der Waals surface area contributed by atoms with Crippen molar-refractivity contribution in [1.29, 1.82) is 5.26 Å². The fourth-order valence-corrected chi connectivity index (χ4v) is 5.88. The largest absolute Gasteiger partial charge is 0.405 e. The minimum atomic E-state index is -4.65. The van der Waals surface area contributed by atoms with Crippen LogP contribution in [0.25, 0.3) is 11.8 Å². The van der Waals surface area contributed by atoms with Crippen LogP contribution < -0.4 is 35.2 Å². The number of amides is 2. The molecular weight excluding hydrogens is 631 g/mol. The molecule has 1 aliphatic rings. The summed E-state index contributed by atoms with van der Waals surface area (Å²) >= 11 is 6.80. The molecule has 1 fully saturated rings. The van der Waals surface area contributed by atoms with Gasteiger partial charge in [0.25, 0.3) is 11.5 Å². The first-order valence-electron chi connectivity index (χ1n) is 14.0. The third-order valence-corrected chi connectivity index (χ3v) is 8.51. The molecule has 0 saturated carbocycles. The number of carbonyl (C=O) groups excluding carboxylic acids is 2. The number of nitrogens with zero attached hydrogens (tertiary/aromatic N) is 5. The van der Waals surface area contributed by atoms with Gasteiger partial charge in [-0.2, -0.15) is 18.4 Å². The van der Waals surface area contributed by atoms with E-state index >= 15 is 0 Å². The number of hydrogen-bond donors (Lipinski definition) is 2. The average Bonchev–Trinajstić information content (AvgIpc) is 3.33. The Kier molecular flexibility index (Phi) is 10.9. The monoisotopic (exact) mass is 661 g/mol. The summed E-state index contributed by atoms with van der Waals surface area (Å²) < 4.78 is 38.9. The summed E-state index contributed by atoms with van der Waals surface area (Å²) in [5.41, 5.74) is 1.18. The Morgan fingerprint density at radius 3 is 2.44 bits per heavy atom. The highest BCUT2D eigenvalue weighted by molar-refractivity contribution is 7.07. The van der Waals surface area contributed by atoms with E-state index in [2.05, 4.69) is 15.1 Å². The average molecular weight is 662 g/mol. The lowest BCUT2D eigenvalue weighted by Gasteiger charge is -2.36. The van der Waals surface area contributed by atoms with Crippen LogP contribution in [0, 0.1) is 11.3 Å². The van der Waals surface area contributed by atoms with Crippen LogP contribution in [0.5, 0.6) is 0 Å². The van der Waals surface area contributed by atoms with Crippen molar-refractivity contribution in [3.63, 3.8) is 0 Å². The van der Waals surface area contributed by atoms with E-state index in [4.69, 9.17) is 11.6 Å². The molecule has 2 N–H and O–H groups in total. The van der Waals surface area contributed by atoms with Crippen LogP contribution in [0.2, 0.25) is 5.02 Å². The number of rotatable bonds is 9. The topological polar surface area (TPSA) is 114 Å². The standard InChI is InChI=1S/C30H31ClF3N7O3S/c1-3-41-28(44)25(45-29(41)24(16-35)27(43)37-19-30(32,33)34)17-36-21-5-4-6-23(15-21)38(2)26(42)18-39-11-13-40(14-12-39)22-9-7-20(31)8-10-22/h4-10,15,17,36H,3,11-14,18-19H2,1-2H3,(H,37,43). The second-order valence-electron chi connectivity index (χ2n) is 10.1. The van der Waals surface area contributed by atoms with Gasteiger partial charge in [0.05, 0.1) is 6.54 Å². The van der Waals surface area contributed by atoms with E-state index in [1.807, 2.05) is 24.3 Å². The van der Waals surface area contributed by atoms with E-state index in [0.29, 0.717) is 16.4 Å². The van der Waals surface area contributed by atoms with Crippen molar-refractivity contribution in [1.82, 2.24) is 14.8 Å². The molecule has 0 bridgehead atoms. The number of piperazine rings is 1. The normalized spacial score (nSPS) is 15.0.